The highest BCUT2D eigenvalue weighted by molar-refractivity contribution is 9.10. The predicted octanol–water partition coefficient (Wildman–Crippen LogP) is 5.55. The molecule has 2 aliphatic rings. The quantitative estimate of drug-likeness (QED) is 0.432. The lowest BCUT2D eigenvalue weighted by Crippen LogP contribution is -2.42. The molecule has 0 atom stereocenters. The van der Waals surface area contributed by atoms with Crippen LogP contribution in [0.5, 0.6) is 0 Å². The monoisotopic (exact) mass is 536 g/mol. The van der Waals surface area contributed by atoms with Gasteiger partial charge in [-0.1, -0.05) is 27.5 Å². The highest BCUT2D eigenvalue weighted by Crippen LogP contribution is 2.30. The molecule has 4 rings (SSSR count). The summed E-state index contributed by atoms with van der Waals surface area (Å²) in [6.07, 6.45) is 8.76. The Bertz CT molecular complexity index is 977. The van der Waals surface area contributed by atoms with E-state index in [-0.39, 0.29) is 0 Å². The van der Waals surface area contributed by atoms with E-state index < -0.39 is 0 Å². The fraction of sp³-hybridized carbons (Fsp3) is 0.522. The van der Waals surface area contributed by atoms with Crippen molar-refractivity contribution >= 4 is 62.3 Å². The zero-order chi connectivity index (χ0) is 22.7. The minimum absolute atomic E-state index is 0.351. The summed E-state index contributed by atoms with van der Waals surface area (Å²) in [5.74, 6) is 1.84. The molecule has 32 heavy (non-hydrogen) atoms. The molecular weight excluding hydrogens is 508 g/mol. The smallest absolute Gasteiger partial charge is 0.225 e. The first-order chi connectivity index (χ1) is 15.4. The molecule has 1 fully saturated rings. The first kappa shape index (κ1) is 23.5. The Kier molecular flexibility index (Phi) is 7.74. The van der Waals surface area contributed by atoms with Crippen molar-refractivity contribution in [1.29, 1.82) is 0 Å². The van der Waals surface area contributed by atoms with Gasteiger partial charge < -0.3 is 20.9 Å². The van der Waals surface area contributed by atoms with Crippen molar-refractivity contribution in [2.24, 2.45) is 0 Å². The van der Waals surface area contributed by atoms with Gasteiger partial charge in [-0.2, -0.15) is 4.98 Å². The van der Waals surface area contributed by atoms with E-state index in [0.29, 0.717) is 22.2 Å². The number of rotatable bonds is 5. The third kappa shape index (κ3) is 5.83. The van der Waals surface area contributed by atoms with E-state index in [1.54, 1.807) is 0 Å². The van der Waals surface area contributed by atoms with Crippen molar-refractivity contribution < 1.29 is 0 Å². The largest absolute Gasteiger partial charge is 0.362 e. The fourth-order valence-corrected chi connectivity index (χ4v) is 5.51. The van der Waals surface area contributed by atoms with Crippen LogP contribution in [0.4, 0.5) is 17.5 Å². The maximum atomic E-state index is 6.28. The Hall–Kier alpha value is -1.64. The summed E-state index contributed by atoms with van der Waals surface area (Å²) in [5, 5.41) is 11.5. The van der Waals surface area contributed by atoms with Crippen LogP contribution in [0.2, 0.25) is 5.02 Å². The molecule has 0 saturated heterocycles. The van der Waals surface area contributed by atoms with Crippen LogP contribution in [0.3, 0.4) is 0 Å². The SMILES string of the molecule is CN(C)c1nc(NC2CCC(NC(=S)Nc3ccc(Br)cc3Cl)CC2)nc2c1CCCC2. The summed E-state index contributed by atoms with van der Waals surface area (Å²) in [7, 11) is 4.13. The third-order valence-corrected chi connectivity index (χ3v) is 7.19. The predicted molar refractivity (Wildman–Crippen MR) is 141 cm³/mol. The molecule has 1 heterocycles. The summed E-state index contributed by atoms with van der Waals surface area (Å²) in [6.45, 7) is 0. The molecule has 0 aliphatic heterocycles. The van der Waals surface area contributed by atoms with E-state index in [4.69, 9.17) is 33.8 Å². The minimum Gasteiger partial charge on any atom is -0.362 e. The van der Waals surface area contributed by atoms with Crippen LogP contribution in [0, 0.1) is 0 Å². The van der Waals surface area contributed by atoms with Gasteiger partial charge in [-0.25, -0.2) is 4.98 Å². The van der Waals surface area contributed by atoms with Gasteiger partial charge in [0.1, 0.15) is 5.82 Å². The number of fused-ring (bicyclic) bond motifs is 1. The number of halogens is 2. The molecule has 0 unspecified atom stereocenters. The molecule has 9 heteroatoms. The van der Waals surface area contributed by atoms with Gasteiger partial charge in [-0.3, -0.25) is 0 Å². The number of benzene rings is 1. The average molecular weight is 538 g/mol. The second-order valence-electron chi connectivity index (χ2n) is 8.81. The normalized spacial score (nSPS) is 20.2. The first-order valence-corrected chi connectivity index (χ1v) is 12.8. The van der Waals surface area contributed by atoms with Crippen LogP contribution >= 0.6 is 39.7 Å². The number of thiocarbonyl (C=S) groups is 1. The highest BCUT2D eigenvalue weighted by Gasteiger charge is 2.24. The molecule has 2 aromatic rings. The minimum atomic E-state index is 0.351. The van der Waals surface area contributed by atoms with E-state index >= 15 is 0 Å². The maximum Gasteiger partial charge on any atom is 0.225 e. The van der Waals surface area contributed by atoms with Gasteiger partial charge in [0.05, 0.1) is 16.4 Å². The Balaban J connectivity index is 1.30. The van der Waals surface area contributed by atoms with Gasteiger partial charge >= 0.3 is 0 Å². The molecule has 0 amide bonds. The molecular formula is C23H30BrClN6S. The molecule has 1 aromatic heterocycles. The summed E-state index contributed by atoms with van der Waals surface area (Å²) in [5.41, 5.74) is 3.35. The molecule has 172 valence electrons. The second kappa shape index (κ2) is 10.5. The topological polar surface area (TPSA) is 65.1 Å². The summed E-state index contributed by atoms with van der Waals surface area (Å²) < 4.78 is 0.943. The molecule has 0 bridgehead atoms. The van der Waals surface area contributed by atoms with Crippen LogP contribution in [-0.4, -0.2) is 41.3 Å². The van der Waals surface area contributed by atoms with Crippen molar-refractivity contribution in [2.45, 2.75) is 63.5 Å². The number of hydrogen-bond acceptors (Lipinski definition) is 5. The van der Waals surface area contributed by atoms with Crippen molar-refractivity contribution in [3.63, 3.8) is 0 Å². The number of aromatic nitrogens is 2. The number of anilines is 3. The maximum absolute atomic E-state index is 6.28. The van der Waals surface area contributed by atoms with Crippen molar-refractivity contribution in [1.82, 2.24) is 15.3 Å². The molecule has 6 nitrogen and oxygen atoms in total. The molecule has 0 spiro atoms. The number of hydrogen-bond donors (Lipinski definition) is 3. The zero-order valence-electron chi connectivity index (χ0n) is 18.5. The van der Waals surface area contributed by atoms with Crippen LogP contribution in [0.15, 0.2) is 22.7 Å². The van der Waals surface area contributed by atoms with E-state index in [2.05, 4.69) is 50.9 Å². The van der Waals surface area contributed by atoms with Crippen molar-refractivity contribution in [3.05, 3.63) is 39.0 Å². The Morgan fingerprint density at radius 2 is 1.81 bits per heavy atom. The van der Waals surface area contributed by atoms with Gasteiger partial charge in [-0.05, 0) is 81.8 Å². The van der Waals surface area contributed by atoms with E-state index in [9.17, 15) is 0 Å². The van der Waals surface area contributed by atoms with Gasteiger partial charge in [-0.15, -0.1) is 0 Å². The third-order valence-electron chi connectivity index (χ3n) is 6.16. The lowest BCUT2D eigenvalue weighted by atomic mass is 9.91. The lowest BCUT2D eigenvalue weighted by Gasteiger charge is -2.31. The number of nitrogens with one attached hydrogen (secondary N) is 3. The van der Waals surface area contributed by atoms with Gasteiger partial charge in [0, 0.05) is 36.2 Å². The summed E-state index contributed by atoms with van der Waals surface area (Å²) in [6, 6.07) is 6.45. The van der Waals surface area contributed by atoms with Crippen LogP contribution in [0.1, 0.15) is 49.8 Å². The second-order valence-corrected chi connectivity index (χ2v) is 10.5. The van der Waals surface area contributed by atoms with Gasteiger partial charge in [0.25, 0.3) is 0 Å². The average Bonchev–Trinajstić information content (AvgIpc) is 2.76. The Morgan fingerprint density at radius 1 is 1.09 bits per heavy atom. The number of aryl methyl sites for hydroxylation is 1. The van der Waals surface area contributed by atoms with E-state index in [1.165, 1.54) is 24.1 Å². The van der Waals surface area contributed by atoms with E-state index in [1.807, 2.05) is 18.2 Å². The fourth-order valence-electron chi connectivity index (χ4n) is 4.51. The van der Waals surface area contributed by atoms with Gasteiger partial charge in [0.15, 0.2) is 5.11 Å². The van der Waals surface area contributed by atoms with Crippen molar-refractivity contribution in [3.8, 4) is 0 Å². The van der Waals surface area contributed by atoms with Gasteiger partial charge in [0.2, 0.25) is 5.95 Å². The Labute approximate surface area is 209 Å². The molecule has 3 N–H and O–H groups in total. The zero-order valence-corrected chi connectivity index (χ0v) is 21.7. The molecule has 1 saturated carbocycles. The van der Waals surface area contributed by atoms with Crippen LogP contribution in [-0.2, 0) is 12.8 Å². The van der Waals surface area contributed by atoms with Crippen LogP contribution in [0.25, 0.3) is 0 Å². The number of nitrogens with zero attached hydrogens (tertiary/aromatic N) is 3. The van der Waals surface area contributed by atoms with E-state index in [0.717, 1.165) is 60.5 Å². The molecule has 0 radical (unpaired) electrons. The molecule has 1 aromatic carbocycles. The first-order valence-electron chi connectivity index (χ1n) is 11.3. The lowest BCUT2D eigenvalue weighted by molar-refractivity contribution is 0.387. The standard InChI is InChI=1S/C23H30BrClN6S/c1-31(2)21-17-5-3-4-6-19(17)28-22(30-21)26-15-8-10-16(11-9-15)27-23(32)29-20-12-7-14(24)13-18(20)25/h7,12-13,15-16H,3-6,8-11H2,1-2H3,(H,26,28,30)(H2,27,29,32). The Morgan fingerprint density at radius 3 is 2.53 bits per heavy atom. The summed E-state index contributed by atoms with van der Waals surface area (Å²) in [4.78, 5) is 11.8. The summed E-state index contributed by atoms with van der Waals surface area (Å²) >= 11 is 15.2. The van der Waals surface area contributed by atoms with Crippen molar-refractivity contribution in [2.75, 3.05) is 29.6 Å². The van der Waals surface area contributed by atoms with Crippen LogP contribution < -0.4 is 20.9 Å². The highest BCUT2D eigenvalue weighted by atomic mass is 79.9. The molecule has 2 aliphatic carbocycles.